The number of nitrogens with two attached hydrogens (primary N) is 1. The van der Waals surface area contributed by atoms with Crippen LogP contribution in [0.1, 0.15) is 18.4 Å². The van der Waals surface area contributed by atoms with E-state index in [1.807, 2.05) is 6.07 Å². The first kappa shape index (κ1) is 13.2. The highest BCUT2D eigenvalue weighted by Gasteiger charge is 2.22. The van der Waals surface area contributed by atoms with Gasteiger partial charge in [0.25, 0.3) is 0 Å². The molecule has 1 aromatic heterocycles. The fraction of sp³-hybridized carbons (Fsp3) is 0.267. The van der Waals surface area contributed by atoms with Gasteiger partial charge in [-0.25, -0.2) is 0 Å². The Labute approximate surface area is 123 Å². The molecule has 1 fully saturated rings. The van der Waals surface area contributed by atoms with Crippen molar-refractivity contribution in [2.24, 2.45) is 0 Å². The number of anilines is 2. The Morgan fingerprint density at radius 2 is 1.75 bits per heavy atom. The lowest BCUT2D eigenvalue weighted by Gasteiger charge is -2.33. The van der Waals surface area contributed by atoms with E-state index < -0.39 is 0 Å². The van der Waals surface area contributed by atoms with E-state index in [4.69, 9.17) is 17.3 Å². The van der Waals surface area contributed by atoms with Gasteiger partial charge >= 0.3 is 0 Å². The molecule has 0 bridgehead atoms. The summed E-state index contributed by atoms with van der Waals surface area (Å²) < 4.78 is 0. The van der Waals surface area contributed by atoms with Crippen LogP contribution in [0.15, 0.2) is 36.4 Å². The number of nitrogens with zero attached hydrogens (tertiary/aromatic N) is 3. The number of piperidine rings is 1. The molecule has 3 rings (SSSR count). The normalized spacial score (nSPS) is 16.4. The number of halogens is 1. The fourth-order valence-electron chi connectivity index (χ4n) is 2.60. The maximum atomic E-state index is 5.90. The number of hydrogen-bond acceptors (Lipinski definition) is 4. The molecule has 5 heteroatoms. The first-order valence-electron chi connectivity index (χ1n) is 6.68. The molecule has 2 aromatic rings. The summed E-state index contributed by atoms with van der Waals surface area (Å²) in [6.45, 7) is 1.85. The molecule has 1 aromatic carbocycles. The Bertz CT molecular complexity index is 580. The average Bonchev–Trinajstić information content (AvgIpc) is 2.51. The van der Waals surface area contributed by atoms with Crippen molar-refractivity contribution in [1.82, 2.24) is 10.2 Å². The van der Waals surface area contributed by atoms with Gasteiger partial charge in [0.05, 0.1) is 5.69 Å². The Hall–Kier alpha value is -1.81. The third-order valence-corrected chi connectivity index (χ3v) is 3.85. The number of benzene rings is 1. The van der Waals surface area contributed by atoms with Crippen LogP contribution >= 0.6 is 11.6 Å². The minimum Gasteiger partial charge on any atom is -0.380 e. The number of hydrogen-bond donors (Lipinski definition) is 1. The maximum Gasteiger partial charge on any atom is 0.169 e. The zero-order chi connectivity index (χ0) is 13.9. The van der Waals surface area contributed by atoms with Crippen LogP contribution in [0.5, 0.6) is 0 Å². The van der Waals surface area contributed by atoms with E-state index in [0.717, 1.165) is 31.6 Å². The van der Waals surface area contributed by atoms with Gasteiger partial charge < -0.3 is 10.6 Å². The van der Waals surface area contributed by atoms with Crippen molar-refractivity contribution >= 4 is 23.1 Å². The SMILES string of the molecule is Nc1nnc(Cl)cc1N1CC[C](c2ccccc2)CC1. The van der Waals surface area contributed by atoms with Gasteiger partial charge in [-0.05, 0) is 18.4 Å². The molecule has 4 nitrogen and oxygen atoms in total. The molecule has 1 aliphatic rings. The van der Waals surface area contributed by atoms with Crippen LogP contribution in [0.25, 0.3) is 0 Å². The van der Waals surface area contributed by atoms with Gasteiger partial charge in [0.1, 0.15) is 0 Å². The van der Waals surface area contributed by atoms with Crippen molar-refractivity contribution in [3.63, 3.8) is 0 Å². The fourth-order valence-corrected chi connectivity index (χ4v) is 2.74. The monoisotopic (exact) mass is 287 g/mol. The minimum absolute atomic E-state index is 0.382. The van der Waals surface area contributed by atoms with Crippen molar-refractivity contribution in [2.45, 2.75) is 12.8 Å². The molecule has 1 saturated heterocycles. The molecule has 0 saturated carbocycles. The quantitative estimate of drug-likeness (QED) is 0.923. The Morgan fingerprint density at radius 1 is 1.05 bits per heavy atom. The van der Waals surface area contributed by atoms with Crippen LogP contribution in [0, 0.1) is 5.92 Å². The van der Waals surface area contributed by atoms with Crippen LogP contribution in [0.3, 0.4) is 0 Å². The van der Waals surface area contributed by atoms with Gasteiger partial charge in [-0.15, -0.1) is 10.2 Å². The van der Waals surface area contributed by atoms with E-state index in [1.54, 1.807) is 6.07 Å². The Morgan fingerprint density at radius 3 is 2.45 bits per heavy atom. The lowest BCUT2D eigenvalue weighted by atomic mass is 9.89. The van der Waals surface area contributed by atoms with Gasteiger partial charge in [-0.2, -0.15) is 0 Å². The molecule has 103 valence electrons. The first-order chi connectivity index (χ1) is 9.74. The van der Waals surface area contributed by atoms with E-state index >= 15 is 0 Å². The Balaban J connectivity index is 1.71. The minimum atomic E-state index is 0.382. The zero-order valence-electron chi connectivity index (χ0n) is 11.1. The van der Waals surface area contributed by atoms with Gasteiger partial charge in [0.2, 0.25) is 0 Å². The van der Waals surface area contributed by atoms with Crippen molar-refractivity contribution < 1.29 is 0 Å². The summed E-state index contributed by atoms with van der Waals surface area (Å²) in [7, 11) is 0. The topological polar surface area (TPSA) is 55.0 Å². The predicted octanol–water partition coefficient (Wildman–Crippen LogP) is 2.94. The molecule has 0 spiro atoms. The van der Waals surface area contributed by atoms with Gasteiger partial charge in [0.15, 0.2) is 11.0 Å². The highest BCUT2D eigenvalue weighted by Crippen LogP contribution is 2.31. The van der Waals surface area contributed by atoms with Gasteiger partial charge in [-0.3, -0.25) is 0 Å². The summed E-state index contributed by atoms with van der Waals surface area (Å²) in [5, 5.41) is 8.02. The molecule has 1 radical (unpaired) electrons. The molecule has 2 N–H and O–H groups in total. The van der Waals surface area contributed by atoms with E-state index in [2.05, 4.69) is 39.4 Å². The van der Waals surface area contributed by atoms with Crippen molar-refractivity contribution in [3.8, 4) is 0 Å². The zero-order valence-corrected chi connectivity index (χ0v) is 11.8. The van der Waals surface area contributed by atoms with Crippen LogP contribution in [-0.2, 0) is 0 Å². The lowest BCUT2D eigenvalue weighted by Crippen LogP contribution is -2.34. The number of nitrogen functional groups attached to an aromatic ring is 1. The number of aromatic nitrogens is 2. The van der Waals surface area contributed by atoms with E-state index in [0.29, 0.717) is 11.0 Å². The van der Waals surface area contributed by atoms with Crippen molar-refractivity contribution in [2.75, 3.05) is 23.7 Å². The molecule has 0 amide bonds. The smallest absolute Gasteiger partial charge is 0.169 e. The number of rotatable bonds is 2. The molecule has 2 heterocycles. The molecular formula is C15H16ClN4. The van der Waals surface area contributed by atoms with E-state index in [1.165, 1.54) is 11.5 Å². The average molecular weight is 288 g/mol. The summed E-state index contributed by atoms with van der Waals surface area (Å²) in [6, 6.07) is 12.3. The third-order valence-electron chi connectivity index (χ3n) is 3.66. The van der Waals surface area contributed by atoms with E-state index in [-0.39, 0.29) is 0 Å². The lowest BCUT2D eigenvalue weighted by molar-refractivity contribution is 0.628. The van der Waals surface area contributed by atoms with Crippen LogP contribution in [0.2, 0.25) is 5.15 Å². The second kappa shape index (κ2) is 5.67. The highest BCUT2D eigenvalue weighted by atomic mass is 35.5. The molecule has 0 aliphatic carbocycles. The summed E-state index contributed by atoms with van der Waals surface area (Å²) >= 11 is 5.90. The summed E-state index contributed by atoms with van der Waals surface area (Å²) in [4.78, 5) is 2.22. The molecule has 1 aliphatic heterocycles. The van der Waals surface area contributed by atoms with Gasteiger partial charge in [0, 0.05) is 25.1 Å². The van der Waals surface area contributed by atoms with Crippen molar-refractivity contribution in [1.29, 1.82) is 0 Å². The Kier molecular flexibility index (Phi) is 3.74. The third kappa shape index (κ3) is 2.70. The maximum absolute atomic E-state index is 5.90. The molecule has 0 atom stereocenters. The largest absolute Gasteiger partial charge is 0.380 e. The summed E-state index contributed by atoms with van der Waals surface area (Å²) in [5.41, 5.74) is 8.11. The van der Waals surface area contributed by atoms with Crippen LogP contribution < -0.4 is 10.6 Å². The van der Waals surface area contributed by atoms with E-state index in [9.17, 15) is 0 Å². The van der Waals surface area contributed by atoms with Crippen LogP contribution in [-0.4, -0.2) is 23.3 Å². The second-order valence-corrected chi connectivity index (χ2v) is 5.28. The van der Waals surface area contributed by atoms with Crippen molar-refractivity contribution in [3.05, 3.63) is 53.0 Å². The molecule has 0 unspecified atom stereocenters. The highest BCUT2D eigenvalue weighted by molar-refractivity contribution is 6.29. The predicted molar refractivity (Wildman–Crippen MR) is 81.7 cm³/mol. The van der Waals surface area contributed by atoms with Gasteiger partial charge in [-0.1, -0.05) is 41.9 Å². The first-order valence-corrected chi connectivity index (χ1v) is 7.05. The van der Waals surface area contributed by atoms with Crippen LogP contribution in [0.4, 0.5) is 11.5 Å². The summed E-state index contributed by atoms with van der Waals surface area (Å²) in [5.74, 6) is 1.94. The molecular weight excluding hydrogens is 272 g/mol. The molecule has 20 heavy (non-hydrogen) atoms. The standard InChI is InChI=1S/C15H16ClN4/c16-14-10-13(15(17)19-18-14)20-8-6-12(7-9-20)11-4-2-1-3-5-11/h1-5,10H,6-9H2,(H2,17,19). The summed E-state index contributed by atoms with van der Waals surface area (Å²) in [6.07, 6.45) is 2.06. The second-order valence-electron chi connectivity index (χ2n) is 4.89.